The Morgan fingerprint density at radius 3 is 1.71 bits per heavy atom. The molecule has 102 valence electrons. The van der Waals surface area contributed by atoms with Crippen LogP contribution in [-0.4, -0.2) is 48.9 Å². The van der Waals surface area contributed by atoms with Gasteiger partial charge in [0.25, 0.3) is 0 Å². The second kappa shape index (κ2) is 5.71. The molecule has 17 heavy (non-hydrogen) atoms. The van der Waals surface area contributed by atoms with Gasteiger partial charge in [0.05, 0.1) is 0 Å². The molecule has 2 nitrogen and oxygen atoms in total. The molecule has 1 heterocycles. The minimum Gasteiger partial charge on any atom is -0.301 e. The Kier molecular flexibility index (Phi) is 2.32. The molecule has 0 spiro atoms. The van der Waals surface area contributed by atoms with E-state index in [0.717, 1.165) is 4.90 Å². The Morgan fingerprint density at radius 2 is 1.29 bits per heavy atom. The van der Waals surface area contributed by atoms with E-state index in [1.165, 1.54) is 0 Å². The first-order chi connectivity index (χ1) is 10.7. The van der Waals surface area contributed by atoms with E-state index in [1.807, 2.05) is 20.8 Å². The van der Waals surface area contributed by atoms with Crippen LogP contribution in [0.5, 0.6) is 0 Å². The predicted molar refractivity (Wildman–Crippen MR) is 76.4 cm³/mol. The highest BCUT2D eigenvalue weighted by atomic mass is 15.3. The molecule has 0 unspecified atom stereocenters. The summed E-state index contributed by atoms with van der Waals surface area (Å²) < 4.78 is 66.7. The minimum atomic E-state index is -2.69. The van der Waals surface area contributed by atoms with Crippen molar-refractivity contribution in [2.75, 3.05) is 39.1 Å². The third kappa shape index (κ3) is 7.05. The fourth-order valence-corrected chi connectivity index (χ4v) is 1.41. The zero-order valence-electron chi connectivity index (χ0n) is 20.0. The molecule has 2 heteroatoms. The molecule has 0 aromatic carbocycles. The summed E-state index contributed by atoms with van der Waals surface area (Å²) >= 11 is 0. The second-order valence-corrected chi connectivity index (χ2v) is 7.06. The van der Waals surface area contributed by atoms with Gasteiger partial charge < -0.3 is 9.80 Å². The van der Waals surface area contributed by atoms with E-state index in [2.05, 4.69) is 0 Å². The molecule has 0 amide bonds. The molecule has 0 atom stereocenters. The monoisotopic (exact) mass is 248 g/mol. The normalized spacial score (nSPS) is 39.6. The molecule has 1 saturated heterocycles. The Labute approximate surface area is 120 Å². The maximum Gasteiger partial charge on any atom is 0.0444 e. The second-order valence-electron chi connectivity index (χ2n) is 7.06. The van der Waals surface area contributed by atoms with Crippen LogP contribution in [0.2, 0.25) is 0 Å². The molecular weight excluding hydrogens is 208 g/mol. The van der Waals surface area contributed by atoms with Gasteiger partial charge in [-0.05, 0) is 23.8 Å². The Hall–Kier alpha value is -0.0800. The van der Waals surface area contributed by atoms with Crippen molar-refractivity contribution < 1.29 is 11.0 Å². The summed E-state index contributed by atoms with van der Waals surface area (Å²) in [6.45, 7) is 0.220. The first-order valence-corrected chi connectivity index (χ1v) is 6.23. The lowest BCUT2D eigenvalue weighted by atomic mass is 9.92. The zero-order valence-corrected chi connectivity index (χ0v) is 12.0. The number of hydrogen-bond donors (Lipinski definition) is 0. The molecule has 0 aromatic heterocycles. The van der Waals surface area contributed by atoms with Crippen LogP contribution in [0.3, 0.4) is 0 Å². The molecule has 0 aromatic rings. The molecule has 1 rings (SSSR count). The third-order valence-corrected chi connectivity index (χ3v) is 2.36. The average Bonchev–Trinajstić information content (AvgIpc) is 2.31. The van der Waals surface area contributed by atoms with Crippen LogP contribution < -0.4 is 0 Å². The highest BCUT2D eigenvalue weighted by Crippen LogP contribution is 2.20. The quantitative estimate of drug-likeness (QED) is 0.757. The lowest BCUT2D eigenvalue weighted by Crippen LogP contribution is -2.49. The summed E-state index contributed by atoms with van der Waals surface area (Å²) in [5, 5.41) is 0. The van der Waals surface area contributed by atoms with Gasteiger partial charge in [-0.3, -0.25) is 0 Å². The summed E-state index contributed by atoms with van der Waals surface area (Å²) in [5.41, 5.74) is -0.741. The van der Waals surface area contributed by atoms with Gasteiger partial charge in [-0.15, -0.1) is 0 Å². The van der Waals surface area contributed by atoms with Crippen molar-refractivity contribution in [3.05, 3.63) is 0 Å². The Balaban J connectivity index is 3.43. The molecule has 1 fully saturated rings. The topological polar surface area (TPSA) is 6.48 Å². The van der Waals surface area contributed by atoms with Crippen LogP contribution in [0.4, 0.5) is 0 Å². The van der Waals surface area contributed by atoms with E-state index >= 15 is 0 Å². The van der Waals surface area contributed by atoms with Crippen molar-refractivity contribution in [3.8, 4) is 0 Å². The smallest absolute Gasteiger partial charge is 0.0444 e. The summed E-state index contributed by atoms with van der Waals surface area (Å²) in [7, 11) is 0. The fourth-order valence-electron chi connectivity index (χ4n) is 1.41. The molecular formula is C15H32N2. The molecule has 1 aliphatic heterocycles. The molecule has 0 N–H and O–H groups in total. The third-order valence-electron chi connectivity index (χ3n) is 2.36. The van der Waals surface area contributed by atoms with Crippen LogP contribution in [-0.2, 0) is 0 Å². The van der Waals surface area contributed by atoms with E-state index in [0.29, 0.717) is 11.3 Å². The summed E-state index contributed by atoms with van der Waals surface area (Å²) in [6, 6.07) is 0. The molecule has 0 bridgehead atoms. The predicted octanol–water partition coefficient (Wildman–Crippen LogP) is 3.09. The molecule has 0 aliphatic carbocycles. The highest BCUT2D eigenvalue weighted by Gasteiger charge is 2.22. The van der Waals surface area contributed by atoms with E-state index in [4.69, 9.17) is 11.0 Å². The van der Waals surface area contributed by atoms with E-state index < -0.39 is 31.4 Å². The van der Waals surface area contributed by atoms with Crippen molar-refractivity contribution >= 4 is 0 Å². The van der Waals surface area contributed by atoms with E-state index in [-0.39, 0.29) is 18.5 Å². The maximum atomic E-state index is 8.33. The summed E-state index contributed by atoms with van der Waals surface area (Å²) in [4.78, 5) is 1.44. The van der Waals surface area contributed by atoms with Crippen LogP contribution in [0, 0.1) is 10.8 Å². The van der Waals surface area contributed by atoms with Crippen LogP contribution in [0.1, 0.15) is 58.9 Å². The van der Waals surface area contributed by atoms with Gasteiger partial charge in [0.2, 0.25) is 0 Å². The van der Waals surface area contributed by atoms with Gasteiger partial charge >= 0.3 is 0 Å². The summed E-state index contributed by atoms with van der Waals surface area (Å²) in [6.07, 6.45) is 0.414. The van der Waals surface area contributed by atoms with E-state index in [9.17, 15) is 0 Å². The van der Waals surface area contributed by atoms with Crippen molar-refractivity contribution in [2.45, 2.75) is 48.0 Å². The van der Waals surface area contributed by atoms with E-state index in [1.54, 1.807) is 20.8 Å². The molecule has 1 aliphatic rings. The molecule has 0 radical (unpaired) electrons. The Bertz CT molecular complexity index is 463. The Morgan fingerprint density at radius 1 is 0.824 bits per heavy atom. The number of piperazine rings is 1. The van der Waals surface area contributed by atoms with Gasteiger partial charge in [-0.25, -0.2) is 0 Å². The lowest BCUT2D eigenvalue weighted by molar-refractivity contribution is 0.0952. The first-order valence-electron chi connectivity index (χ1n) is 10.2. The number of nitrogens with zero attached hydrogens (tertiary/aromatic N) is 2. The number of hydrogen-bond acceptors (Lipinski definition) is 2. The first kappa shape index (κ1) is 6.91. The van der Waals surface area contributed by atoms with Gasteiger partial charge in [0.15, 0.2) is 0 Å². The standard InChI is InChI=1S/C15H32N2/c1-14(2,3)7-8-16-9-11-17(12-10-16)13-15(4,5)6/h7-13H2,1-6H3/i9D2,10D2,11D2,12D2. The maximum absolute atomic E-state index is 8.33. The fraction of sp³-hybridized carbons (Fsp3) is 1.00. The van der Waals surface area contributed by atoms with Gasteiger partial charge in [-0.1, -0.05) is 41.5 Å². The van der Waals surface area contributed by atoms with Gasteiger partial charge in [-0.2, -0.15) is 0 Å². The number of rotatable bonds is 3. The van der Waals surface area contributed by atoms with Crippen LogP contribution in [0.25, 0.3) is 0 Å². The van der Waals surface area contributed by atoms with Crippen molar-refractivity contribution in [1.82, 2.24) is 9.80 Å². The SMILES string of the molecule is [2H]C1([2H])N(CCC(C)(C)C)C([2H])([2H])C([2H])([2H])N(CC(C)(C)C)C1([2H])[2H]. The highest BCUT2D eigenvalue weighted by molar-refractivity contribution is 4.77. The van der Waals surface area contributed by atoms with Crippen LogP contribution >= 0.6 is 0 Å². The van der Waals surface area contributed by atoms with Gasteiger partial charge in [0.1, 0.15) is 0 Å². The van der Waals surface area contributed by atoms with Crippen molar-refractivity contribution in [2.24, 2.45) is 10.8 Å². The zero-order chi connectivity index (χ0) is 20.3. The largest absolute Gasteiger partial charge is 0.301 e. The van der Waals surface area contributed by atoms with Crippen molar-refractivity contribution in [1.29, 1.82) is 0 Å². The lowest BCUT2D eigenvalue weighted by Gasteiger charge is -2.38. The van der Waals surface area contributed by atoms with Gasteiger partial charge in [0, 0.05) is 43.5 Å². The summed E-state index contributed by atoms with van der Waals surface area (Å²) in [5.74, 6) is 0. The molecule has 0 saturated carbocycles. The minimum absolute atomic E-state index is 0.0775. The average molecular weight is 248 g/mol. The van der Waals surface area contributed by atoms with Crippen molar-refractivity contribution in [3.63, 3.8) is 0 Å². The van der Waals surface area contributed by atoms with Crippen LogP contribution in [0.15, 0.2) is 0 Å².